The molecule has 0 saturated carbocycles. The van der Waals surface area contributed by atoms with Crippen molar-refractivity contribution in [1.29, 1.82) is 0 Å². The fourth-order valence-electron chi connectivity index (χ4n) is 1.77. The lowest BCUT2D eigenvalue weighted by molar-refractivity contribution is 0.491. The van der Waals surface area contributed by atoms with Crippen LogP contribution in [-0.2, 0) is 6.42 Å². The van der Waals surface area contributed by atoms with E-state index in [9.17, 15) is 0 Å². The molecule has 6 heteroatoms. The highest BCUT2D eigenvalue weighted by Gasteiger charge is 2.09. The SMILES string of the molecule is CCCNCCCc1nnc(-c2ccc(Cl)c(Br)c2)o1. The summed E-state index contributed by atoms with van der Waals surface area (Å²) in [5.74, 6) is 1.20. The third-order valence-electron chi connectivity index (χ3n) is 2.80. The minimum absolute atomic E-state index is 0.527. The lowest BCUT2D eigenvalue weighted by Gasteiger charge is -2.00. The maximum absolute atomic E-state index is 5.96. The molecule has 0 amide bonds. The van der Waals surface area contributed by atoms with Crippen molar-refractivity contribution >= 4 is 27.5 Å². The molecule has 0 spiro atoms. The number of hydrogen-bond donors (Lipinski definition) is 1. The van der Waals surface area contributed by atoms with Crippen LogP contribution in [0.5, 0.6) is 0 Å². The van der Waals surface area contributed by atoms with Gasteiger partial charge in [-0.15, -0.1) is 10.2 Å². The first kappa shape index (κ1) is 15.5. The number of hydrogen-bond acceptors (Lipinski definition) is 4. The molecule has 108 valence electrons. The van der Waals surface area contributed by atoms with Crippen molar-refractivity contribution in [2.75, 3.05) is 13.1 Å². The Bertz CT molecular complexity index is 559. The molecule has 4 nitrogen and oxygen atoms in total. The van der Waals surface area contributed by atoms with Crippen LogP contribution in [0.4, 0.5) is 0 Å². The molecule has 1 N–H and O–H groups in total. The number of benzene rings is 1. The maximum atomic E-state index is 5.96. The minimum atomic E-state index is 0.527. The van der Waals surface area contributed by atoms with E-state index in [1.165, 1.54) is 0 Å². The van der Waals surface area contributed by atoms with E-state index < -0.39 is 0 Å². The van der Waals surface area contributed by atoms with Gasteiger partial charge in [0.15, 0.2) is 0 Å². The molecule has 1 heterocycles. The zero-order valence-electron chi connectivity index (χ0n) is 11.3. The fraction of sp³-hybridized carbons (Fsp3) is 0.429. The summed E-state index contributed by atoms with van der Waals surface area (Å²) in [6.07, 6.45) is 2.93. The molecule has 0 atom stereocenters. The largest absolute Gasteiger partial charge is 0.421 e. The van der Waals surface area contributed by atoms with Gasteiger partial charge in [-0.25, -0.2) is 0 Å². The van der Waals surface area contributed by atoms with Gasteiger partial charge >= 0.3 is 0 Å². The minimum Gasteiger partial charge on any atom is -0.421 e. The molecule has 20 heavy (non-hydrogen) atoms. The molecule has 0 fully saturated rings. The highest BCUT2D eigenvalue weighted by molar-refractivity contribution is 9.10. The van der Waals surface area contributed by atoms with Gasteiger partial charge in [0, 0.05) is 16.5 Å². The van der Waals surface area contributed by atoms with E-state index in [0.717, 1.165) is 42.4 Å². The summed E-state index contributed by atoms with van der Waals surface area (Å²) in [5, 5.41) is 12.2. The molecule has 0 bridgehead atoms. The summed E-state index contributed by atoms with van der Waals surface area (Å²) in [6.45, 7) is 4.17. The fourth-order valence-corrected chi connectivity index (χ4v) is 2.26. The molecule has 2 aromatic rings. The molecule has 0 aliphatic carbocycles. The van der Waals surface area contributed by atoms with Crippen molar-refractivity contribution in [2.45, 2.75) is 26.2 Å². The molecule has 0 unspecified atom stereocenters. The van der Waals surface area contributed by atoms with Gasteiger partial charge in [-0.1, -0.05) is 18.5 Å². The Morgan fingerprint density at radius 2 is 2.15 bits per heavy atom. The molecule has 0 saturated heterocycles. The first-order valence-corrected chi connectivity index (χ1v) is 7.86. The van der Waals surface area contributed by atoms with Gasteiger partial charge in [0.25, 0.3) is 0 Å². The zero-order chi connectivity index (χ0) is 14.4. The molecule has 2 rings (SSSR count). The van der Waals surface area contributed by atoms with Crippen LogP contribution in [-0.4, -0.2) is 23.3 Å². The zero-order valence-corrected chi connectivity index (χ0v) is 13.7. The van der Waals surface area contributed by atoms with Gasteiger partial charge in [-0.3, -0.25) is 0 Å². The van der Waals surface area contributed by atoms with Crippen LogP contribution >= 0.6 is 27.5 Å². The lowest BCUT2D eigenvalue weighted by Crippen LogP contribution is -2.16. The molecule has 0 aliphatic heterocycles. The number of rotatable bonds is 7. The van der Waals surface area contributed by atoms with Crippen molar-refractivity contribution in [3.63, 3.8) is 0 Å². The van der Waals surface area contributed by atoms with Gasteiger partial charge in [-0.2, -0.15) is 0 Å². The number of nitrogens with one attached hydrogen (secondary N) is 1. The van der Waals surface area contributed by atoms with Crippen LogP contribution in [0, 0.1) is 0 Å². The molecule has 0 radical (unpaired) electrons. The predicted molar refractivity (Wildman–Crippen MR) is 83.9 cm³/mol. The van der Waals surface area contributed by atoms with E-state index in [1.54, 1.807) is 6.07 Å². The third kappa shape index (κ3) is 4.30. The smallest absolute Gasteiger partial charge is 0.247 e. The molecule has 0 aliphatic rings. The van der Waals surface area contributed by atoms with E-state index in [0.29, 0.717) is 16.8 Å². The van der Waals surface area contributed by atoms with Crippen molar-refractivity contribution in [1.82, 2.24) is 15.5 Å². The molecule has 1 aromatic carbocycles. The molecule has 1 aromatic heterocycles. The summed E-state index contributed by atoms with van der Waals surface area (Å²) in [7, 11) is 0. The van der Waals surface area contributed by atoms with Gasteiger partial charge < -0.3 is 9.73 Å². The lowest BCUT2D eigenvalue weighted by atomic mass is 10.2. The van der Waals surface area contributed by atoms with E-state index in [4.69, 9.17) is 16.0 Å². The highest BCUT2D eigenvalue weighted by atomic mass is 79.9. The summed E-state index contributed by atoms with van der Waals surface area (Å²) >= 11 is 9.35. The second kappa shape index (κ2) is 7.76. The summed E-state index contributed by atoms with van der Waals surface area (Å²) in [6, 6.07) is 5.55. The summed E-state index contributed by atoms with van der Waals surface area (Å²) < 4.78 is 6.48. The first-order chi connectivity index (χ1) is 9.70. The van der Waals surface area contributed by atoms with Crippen LogP contribution in [0.25, 0.3) is 11.5 Å². The summed E-state index contributed by atoms with van der Waals surface area (Å²) in [4.78, 5) is 0. The Labute approximate surface area is 132 Å². The Morgan fingerprint density at radius 3 is 2.90 bits per heavy atom. The first-order valence-electron chi connectivity index (χ1n) is 6.69. The van der Waals surface area contributed by atoms with Crippen LogP contribution < -0.4 is 5.32 Å². The standard InChI is InChI=1S/C14H17BrClN3O/c1-2-7-17-8-3-4-13-18-19-14(20-13)10-5-6-12(16)11(15)9-10/h5-6,9,17H,2-4,7-8H2,1H3. The average Bonchev–Trinajstić information content (AvgIpc) is 2.90. The van der Waals surface area contributed by atoms with Gasteiger partial charge in [0.05, 0.1) is 5.02 Å². The van der Waals surface area contributed by atoms with E-state index in [1.807, 2.05) is 12.1 Å². The second-order valence-corrected chi connectivity index (χ2v) is 5.74. The van der Waals surface area contributed by atoms with Crippen molar-refractivity contribution in [3.05, 3.63) is 33.6 Å². The van der Waals surface area contributed by atoms with Crippen LogP contribution in [0.1, 0.15) is 25.7 Å². The second-order valence-electron chi connectivity index (χ2n) is 4.48. The molecular weight excluding hydrogens is 342 g/mol. The maximum Gasteiger partial charge on any atom is 0.247 e. The number of nitrogens with zero attached hydrogens (tertiary/aromatic N) is 2. The highest BCUT2D eigenvalue weighted by Crippen LogP contribution is 2.28. The van der Waals surface area contributed by atoms with Crippen LogP contribution in [0.15, 0.2) is 27.1 Å². The van der Waals surface area contributed by atoms with Crippen molar-refractivity contribution in [2.24, 2.45) is 0 Å². The Morgan fingerprint density at radius 1 is 1.30 bits per heavy atom. The van der Waals surface area contributed by atoms with E-state index in [2.05, 4.69) is 38.4 Å². The molecular formula is C14H17BrClN3O. The van der Waals surface area contributed by atoms with Crippen molar-refractivity contribution < 1.29 is 4.42 Å². The number of halogens is 2. The average molecular weight is 359 g/mol. The van der Waals surface area contributed by atoms with Gasteiger partial charge in [0.1, 0.15) is 0 Å². The third-order valence-corrected chi connectivity index (χ3v) is 4.02. The number of aryl methyl sites for hydroxylation is 1. The Hall–Kier alpha value is -0.910. The quantitative estimate of drug-likeness (QED) is 0.758. The Balaban J connectivity index is 1.93. The van der Waals surface area contributed by atoms with E-state index >= 15 is 0 Å². The van der Waals surface area contributed by atoms with Gasteiger partial charge in [0.2, 0.25) is 11.8 Å². The number of aromatic nitrogens is 2. The predicted octanol–water partition coefficient (Wildman–Crippen LogP) is 4.08. The van der Waals surface area contributed by atoms with Crippen molar-refractivity contribution in [3.8, 4) is 11.5 Å². The summed E-state index contributed by atoms with van der Waals surface area (Å²) in [5.41, 5.74) is 0.865. The van der Waals surface area contributed by atoms with Gasteiger partial charge in [-0.05, 0) is 60.1 Å². The van der Waals surface area contributed by atoms with Crippen LogP contribution in [0.2, 0.25) is 5.02 Å². The monoisotopic (exact) mass is 357 g/mol. The topological polar surface area (TPSA) is 51.0 Å². The normalized spacial score (nSPS) is 10.9. The Kier molecular flexibility index (Phi) is 6.01. The van der Waals surface area contributed by atoms with Crippen LogP contribution in [0.3, 0.4) is 0 Å². The van der Waals surface area contributed by atoms with E-state index in [-0.39, 0.29) is 0 Å².